The molecule has 3 aromatic heterocycles. The molecule has 3 heterocycles. The van der Waals surface area contributed by atoms with E-state index in [1.165, 1.54) is 34.2 Å². The zero-order valence-corrected chi connectivity index (χ0v) is 14.5. The van der Waals surface area contributed by atoms with Crippen molar-refractivity contribution in [3.63, 3.8) is 0 Å². The van der Waals surface area contributed by atoms with Crippen LogP contribution in [0, 0.1) is 0 Å². The number of nitrogens with one attached hydrogen (secondary N) is 1. The number of nitrogens with zero attached hydrogens (tertiary/aromatic N) is 5. The Bertz CT molecular complexity index is 1260. The van der Waals surface area contributed by atoms with Crippen LogP contribution in [0.2, 0.25) is 0 Å². The molecule has 0 saturated heterocycles. The van der Waals surface area contributed by atoms with Crippen LogP contribution in [0.4, 0.5) is 0 Å². The molecule has 0 bridgehead atoms. The van der Waals surface area contributed by atoms with Gasteiger partial charge < -0.3 is 9.73 Å². The van der Waals surface area contributed by atoms with E-state index >= 15 is 0 Å². The van der Waals surface area contributed by atoms with Gasteiger partial charge in [-0.1, -0.05) is 12.1 Å². The van der Waals surface area contributed by atoms with Gasteiger partial charge in [0, 0.05) is 18.7 Å². The largest absolute Gasteiger partial charge is 0.451 e. The van der Waals surface area contributed by atoms with Crippen LogP contribution in [0.25, 0.3) is 16.8 Å². The second-order valence-electron chi connectivity index (χ2n) is 5.82. The summed E-state index contributed by atoms with van der Waals surface area (Å²) in [6.07, 6.45) is 2.81. The van der Waals surface area contributed by atoms with Crippen molar-refractivity contribution in [2.45, 2.75) is 6.54 Å². The first kappa shape index (κ1) is 17.3. The fourth-order valence-electron chi connectivity index (χ4n) is 2.63. The third kappa shape index (κ3) is 3.43. The van der Waals surface area contributed by atoms with Crippen LogP contribution >= 0.6 is 0 Å². The molecule has 0 radical (unpaired) electrons. The number of amides is 1. The average Bonchev–Trinajstić information content (AvgIpc) is 3.24. The summed E-state index contributed by atoms with van der Waals surface area (Å²) in [6.45, 7) is 0.244. The molecule has 0 saturated carbocycles. The van der Waals surface area contributed by atoms with Gasteiger partial charge in [-0.15, -0.1) is 5.10 Å². The molecule has 1 aromatic carbocycles. The topological polar surface area (TPSA) is 125 Å². The number of carbonyl (C=O) groups is 1. The summed E-state index contributed by atoms with van der Waals surface area (Å²) in [5.74, 6) is -0.229. The van der Waals surface area contributed by atoms with Crippen molar-refractivity contribution in [1.82, 2.24) is 29.9 Å². The number of para-hydroxylation sites is 1. The lowest BCUT2D eigenvalue weighted by molar-refractivity contribution is 0.0924. The van der Waals surface area contributed by atoms with Crippen molar-refractivity contribution >= 4 is 16.9 Å². The maximum Gasteiger partial charge on any atom is 0.287 e. The second kappa shape index (κ2) is 7.27. The van der Waals surface area contributed by atoms with Crippen molar-refractivity contribution in [1.29, 1.82) is 0 Å². The lowest BCUT2D eigenvalue weighted by Gasteiger charge is -2.08. The normalized spacial score (nSPS) is 10.9. The maximum atomic E-state index is 12.3. The highest BCUT2D eigenvalue weighted by Gasteiger charge is 2.12. The number of carbonyl (C=O) groups excluding carboxylic acids is 1. The average molecular weight is 378 g/mol. The second-order valence-corrected chi connectivity index (χ2v) is 5.82. The monoisotopic (exact) mass is 378 g/mol. The first-order chi connectivity index (χ1) is 13.6. The molecule has 0 aliphatic carbocycles. The molecule has 4 rings (SSSR count). The minimum absolute atomic E-state index is 0.0969. The number of benzene rings is 1. The minimum Gasteiger partial charge on any atom is -0.451 e. The first-order valence-corrected chi connectivity index (χ1v) is 8.36. The summed E-state index contributed by atoms with van der Waals surface area (Å²) in [4.78, 5) is 40.2. The summed E-state index contributed by atoms with van der Waals surface area (Å²) in [6, 6.07) is 10.7. The fourth-order valence-corrected chi connectivity index (χ4v) is 2.63. The summed E-state index contributed by atoms with van der Waals surface area (Å²) in [7, 11) is 0. The quantitative estimate of drug-likeness (QED) is 0.531. The van der Waals surface area contributed by atoms with E-state index in [0.29, 0.717) is 16.8 Å². The van der Waals surface area contributed by atoms with Gasteiger partial charge in [0.2, 0.25) is 0 Å². The van der Waals surface area contributed by atoms with Gasteiger partial charge in [0.05, 0.1) is 11.9 Å². The van der Waals surface area contributed by atoms with Crippen LogP contribution < -0.4 is 16.3 Å². The van der Waals surface area contributed by atoms with E-state index in [-0.39, 0.29) is 29.8 Å². The Morgan fingerprint density at radius 3 is 2.82 bits per heavy atom. The van der Waals surface area contributed by atoms with Gasteiger partial charge in [-0.2, -0.15) is 5.10 Å². The summed E-state index contributed by atoms with van der Waals surface area (Å²) >= 11 is 0. The highest BCUT2D eigenvalue weighted by Crippen LogP contribution is 2.11. The maximum absolute atomic E-state index is 12.3. The van der Waals surface area contributed by atoms with E-state index < -0.39 is 5.91 Å². The molecule has 4 aromatic rings. The Morgan fingerprint density at radius 1 is 1.14 bits per heavy atom. The highest BCUT2D eigenvalue weighted by atomic mass is 16.3. The molecule has 140 valence electrons. The molecule has 1 N–H and O–H groups in total. The Kier molecular flexibility index (Phi) is 4.50. The third-order valence-corrected chi connectivity index (χ3v) is 3.97. The van der Waals surface area contributed by atoms with E-state index in [4.69, 9.17) is 4.42 Å². The van der Waals surface area contributed by atoms with Crippen molar-refractivity contribution in [3.05, 3.63) is 81.5 Å². The van der Waals surface area contributed by atoms with Crippen molar-refractivity contribution in [3.8, 4) is 5.82 Å². The number of rotatable bonds is 5. The molecule has 0 spiro atoms. The lowest BCUT2D eigenvalue weighted by atomic mass is 10.2. The molecule has 0 unspecified atom stereocenters. The van der Waals surface area contributed by atoms with E-state index in [2.05, 4.69) is 20.5 Å². The Balaban J connectivity index is 1.47. The molecule has 0 aliphatic heterocycles. The zero-order chi connectivity index (χ0) is 19.5. The van der Waals surface area contributed by atoms with Crippen LogP contribution in [-0.2, 0) is 6.54 Å². The molecule has 1 amide bonds. The van der Waals surface area contributed by atoms with Crippen molar-refractivity contribution < 1.29 is 9.21 Å². The van der Waals surface area contributed by atoms with Crippen LogP contribution in [0.1, 0.15) is 10.6 Å². The van der Waals surface area contributed by atoms with Gasteiger partial charge >= 0.3 is 0 Å². The number of aromatic nitrogens is 5. The van der Waals surface area contributed by atoms with Crippen molar-refractivity contribution in [2.24, 2.45) is 0 Å². The number of hydrogen-bond acceptors (Lipinski definition) is 7. The van der Waals surface area contributed by atoms with Crippen LogP contribution in [-0.4, -0.2) is 37.0 Å². The molecule has 10 nitrogen and oxygen atoms in total. The molecule has 0 aliphatic rings. The van der Waals surface area contributed by atoms with E-state index in [1.54, 1.807) is 24.3 Å². The van der Waals surface area contributed by atoms with Gasteiger partial charge in [0.25, 0.3) is 11.5 Å². The Labute approximate surface area is 157 Å². The molecular formula is C18H14N6O4. The van der Waals surface area contributed by atoms with Gasteiger partial charge in [0.1, 0.15) is 18.2 Å². The summed E-state index contributed by atoms with van der Waals surface area (Å²) in [5, 5.41) is 11.2. The standard InChI is InChI=1S/C18H14N6O4/c25-13-9-15(28-14-4-2-1-3-12(13)14)18(27)20-7-8-23-17(26)6-5-16(22-23)24-11-19-10-21-24/h1-6,9-11H,7-8H2,(H,20,27). The van der Waals surface area contributed by atoms with Crippen LogP contribution in [0.3, 0.4) is 0 Å². The van der Waals surface area contributed by atoms with E-state index in [1.807, 2.05) is 0 Å². The smallest absolute Gasteiger partial charge is 0.287 e. The number of fused-ring (bicyclic) bond motifs is 1. The minimum atomic E-state index is -0.552. The van der Waals surface area contributed by atoms with Crippen molar-refractivity contribution in [2.75, 3.05) is 6.54 Å². The lowest BCUT2D eigenvalue weighted by Crippen LogP contribution is -2.32. The Hall–Kier alpha value is -4.08. The SMILES string of the molecule is O=C(NCCn1nc(-n2cncn2)ccc1=O)c1cc(=O)c2ccccc2o1. The Morgan fingerprint density at radius 2 is 2.00 bits per heavy atom. The molecule has 28 heavy (non-hydrogen) atoms. The highest BCUT2D eigenvalue weighted by molar-refractivity contribution is 5.93. The van der Waals surface area contributed by atoms with Gasteiger partial charge in [0.15, 0.2) is 17.0 Å². The van der Waals surface area contributed by atoms with E-state index in [0.717, 1.165) is 6.07 Å². The summed E-state index contributed by atoms with van der Waals surface area (Å²) < 4.78 is 8.10. The molecule has 0 atom stereocenters. The summed E-state index contributed by atoms with van der Waals surface area (Å²) in [5.41, 5.74) is -0.292. The van der Waals surface area contributed by atoms with Gasteiger partial charge in [-0.25, -0.2) is 14.3 Å². The van der Waals surface area contributed by atoms with Crippen LogP contribution in [0.15, 0.2) is 69.1 Å². The van der Waals surface area contributed by atoms with Gasteiger partial charge in [-0.05, 0) is 18.2 Å². The zero-order valence-electron chi connectivity index (χ0n) is 14.5. The predicted octanol–water partition coefficient (Wildman–Crippen LogP) is 0.360. The van der Waals surface area contributed by atoms with E-state index in [9.17, 15) is 14.4 Å². The predicted molar refractivity (Wildman–Crippen MR) is 98.2 cm³/mol. The van der Waals surface area contributed by atoms with Gasteiger partial charge in [-0.3, -0.25) is 14.4 Å². The third-order valence-electron chi connectivity index (χ3n) is 3.97. The molecular weight excluding hydrogens is 364 g/mol. The first-order valence-electron chi connectivity index (χ1n) is 8.36. The fraction of sp³-hybridized carbons (Fsp3) is 0.111. The molecule has 0 fully saturated rings. The number of hydrogen-bond donors (Lipinski definition) is 1. The van der Waals surface area contributed by atoms with Crippen LogP contribution in [0.5, 0.6) is 0 Å². The molecule has 10 heteroatoms.